The van der Waals surface area contributed by atoms with E-state index in [1.54, 1.807) is 12.1 Å². The molecule has 1 aromatic carbocycles. The number of rotatable bonds is 4. The van der Waals surface area contributed by atoms with E-state index >= 15 is 0 Å². The Morgan fingerprint density at radius 2 is 2.20 bits per heavy atom. The number of carbonyl (C=O) groups is 1. The van der Waals surface area contributed by atoms with Crippen molar-refractivity contribution in [3.63, 3.8) is 0 Å². The molecule has 0 bridgehead atoms. The lowest BCUT2D eigenvalue weighted by atomic mass is 10.1. The third kappa shape index (κ3) is 3.52. The van der Waals surface area contributed by atoms with Crippen LogP contribution in [0.1, 0.15) is 25.5 Å². The number of hydrogen-bond donors (Lipinski definition) is 1. The minimum atomic E-state index is -0.249. The van der Waals surface area contributed by atoms with Gasteiger partial charge < -0.3 is 10.2 Å². The van der Waals surface area contributed by atoms with E-state index < -0.39 is 0 Å². The minimum Gasteiger partial charge on any atom is -0.335 e. The molecule has 0 aromatic heterocycles. The highest BCUT2D eigenvalue weighted by Crippen LogP contribution is 2.22. The Hall–Kier alpha value is -1.07. The molecule has 1 fully saturated rings. The molecule has 0 aliphatic carbocycles. The zero-order valence-corrected chi connectivity index (χ0v) is 12.8. The molecule has 0 radical (unpaired) electrons. The number of carbonyl (C=O) groups excluding carboxylic acids is 1. The molecule has 1 aromatic rings. The lowest BCUT2D eigenvalue weighted by molar-refractivity contribution is -0.134. The summed E-state index contributed by atoms with van der Waals surface area (Å²) in [5.74, 6) is 1.77. The first-order valence-corrected chi connectivity index (χ1v) is 8.16. The van der Waals surface area contributed by atoms with Crippen LogP contribution in [0.2, 0.25) is 0 Å². The Bertz CT molecular complexity index is 446. The quantitative estimate of drug-likeness (QED) is 0.926. The third-order valence-corrected chi connectivity index (χ3v) is 4.73. The first kappa shape index (κ1) is 15.3. The van der Waals surface area contributed by atoms with E-state index in [0.717, 1.165) is 23.6 Å². The Labute approximate surface area is 123 Å². The molecule has 3 nitrogen and oxygen atoms in total. The van der Waals surface area contributed by atoms with Gasteiger partial charge in [-0.25, -0.2) is 4.39 Å². The minimum absolute atomic E-state index is 0.0400. The fourth-order valence-corrected chi connectivity index (χ4v) is 3.39. The lowest BCUT2D eigenvalue weighted by Crippen LogP contribution is -2.51. The van der Waals surface area contributed by atoms with Crippen LogP contribution in [0.3, 0.4) is 0 Å². The van der Waals surface area contributed by atoms with E-state index in [1.165, 1.54) is 12.1 Å². The van der Waals surface area contributed by atoms with Crippen molar-refractivity contribution in [2.75, 3.05) is 24.6 Å². The fourth-order valence-electron chi connectivity index (χ4n) is 2.47. The summed E-state index contributed by atoms with van der Waals surface area (Å²) in [6.07, 6.45) is 0. The van der Waals surface area contributed by atoms with Gasteiger partial charge in [0.1, 0.15) is 5.82 Å². The lowest BCUT2D eigenvalue weighted by Gasteiger charge is -2.33. The summed E-state index contributed by atoms with van der Waals surface area (Å²) in [5.41, 5.74) is 0.963. The molecule has 1 aliphatic heterocycles. The zero-order chi connectivity index (χ0) is 14.5. The third-order valence-electron chi connectivity index (χ3n) is 3.66. The average Bonchev–Trinajstić information content (AvgIpc) is 2.49. The molecule has 0 spiro atoms. The van der Waals surface area contributed by atoms with E-state index in [4.69, 9.17) is 0 Å². The monoisotopic (exact) mass is 296 g/mol. The molecule has 1 saturated heterocycles. The SMILES string of the molecule is CCN(C(=O)C1CSCCN1)C(C)c1ccc(F)cc1. The molecule has 0 saturated carbocycles. The first-order valence-electron chi connectivity index (χ1n) is 7.00. The summed E-state index contributed by atoms with van der Waals surface area (Å²) in [4.78, 5) is 14.4. The molecule has 1 amide bonds. The highest BCUT2D eigenvalue weighted by Gasteiger charge is 2.28. The van der Waals surface area contributed by atoms with Crippen molar-refractivity contribution in [2.24, 2.45) is 0 Å². The highest BCUT2D eigenvalue weighted by molar-refractivity contribution is 7.99. The van der Waals surface area contributed by atoms with Gasteiger partial charge in [-0.15, -0.1) is 0 Å². The topological polar surface area (TPSA) is 32.3 Å². The first-order chi connectivity index (χ1) is 9.63. The van der Waals surface area contributed by atoms with Crippen LogP contribution >= 0.6 is 11.8 Å². The molecular formula is C15H21FN2OS. The van der Waals surface area contributed by atoms with Crippen LogP contribution in [-0.4, -0.2) is 41.4 Å². The predicted molar refractivity (Wildman–Crippen MR) is 81.3 cm³/mol. The molecule has 2 rings (SSSR count). The van der Waals surface area contributed by atoms with Gasteiger partial charge >= 0.3 is 0 Å². The van der Waals surface area contributed by atoms with Gasteiger partial charge in [0.05, 0.1) is 12.1 Å². The number of amides is 1. The molecular weight excluding hydrogens is 275 g/mol. The van der Waals surface area contributed by atoms with Crippen molar-refractivity contribution in [3.05, 3.63) is 35.6 Å². The summed E-state index contributed by atoms with van der Waals surface area (Å²) in [7, 11) is 0. The molecule has 1 N–H and O–H groups in total. The summed E-state index contributed by atoms with van der Waals surface area (Å²) in [6, 6.07) is 6.24. The van der Waals surface area contributed by atoms with E-state index in [2.05, 4.69) is 5.32 Å². The van der Waals surface area contributed by atoms with Gasteiger partial charge in [-0.1, -0.05) is 12.1 Å². The van der Waals surface area contributed by atoms with Crippen molar-refractivity contribution in [1.82, 2.24) is 10.2 Å². The molecule has 110 valence electrons. The van der Waals surface area contributed by atoms with Crippen LogP contribution in [0, 0.1) is 5.82 Å². The largest absolute Gasteiger partial charge is 0.335 e. The number of benzene rings is 1. The zero-order valence-electron chi connectivity index (χ0n) is 11.9. The van der Waals surface area contributed by atoms with Gasteiger partial charge in [-0.2, -0.15) is 11.8 Å². The second kappa shape index (κ2) is 7.09. The van der Waals surface area contributed by atoms with Crippen molar-refractivity contribution in [1.29, 1.82) is 0 Å². The molecule has 1 heterocycles. The summed E-state index contributed by atoms with van der Waals surface area (Å²) >= 11 is 1.81. The number of halogens is 1. The van der Waals surface area contributed by atoms with Crippen LogP contribution in [0.5, 0.6) is 0 Å². The average molecular weight is 296 g/mol. The maximum absolute atomic E-state index is 13.0. The second-order valence-corrected chi connectivity index (χ2v) is 6.08. The van der Waals surface area contributed by atoms with Crippen molar-refractivity contribution in [3.8, 4) is 0 Å². The van der Waals surface area contributed by atoms with Crippen molar-refractivity contribution in [2.45, 2.75) is 25.9 Å². The van der Waals surface area contributed by atoms with E-state index in [1.807, 2.05) is 30.5 Å². The maximum atomic E-state index is 13.0. The number of nitrogens with one attached hydrogen (secondary N) is 1. The Kier molecular flexibility index (Phi) is 5.43. The van der Waals surface area contributed by atoms with Gasteiger partial charge in [0.25, 0.3) is 0 Å². The maximum Gasteiger partial charge on any atom is 0.241 e. The standard InChI is InChI=1S/C15H21FN2OS/c1-3-18(15(19)14-10-20-9-8-17-14)11(2)12-4-6-13(16)7-5-12/h4-7,11,14,17H,3,8-10H2,1-2H3. The van der Waals surface area contributed by atoms with Gasteiger partial charge in [-0.05, 0) is 31.5 Å². The highest BCUT2D eigenvalue weighted by atomic mass is 32.2. The van der Waals surface area contributed by atoms with Crippen molar-refractivity contribution < 1.29 is 9.18 Å². The van der Waals surface area contributed by atoms with Gasteiger partial charge in [0.15, 0.2) is 0 Å². The number of likely N-dealkylation sites (N-methyl/N-ethyl adjacent to an activating group) is 1. The summed E-state index contributed by atoms with van der Waals surface area (Å²) < 4.78 is 13.0. The Balaban J connectivity index is 2.09. The van der Waals surface area contributed by atoms with Crippen LogP contribution in [0.4, 0.5) is 4.39 Å². The van der Waals surface area contributed by atoms with E-state index in [-0.39, 0.29) is 23.8 Å². The summed E-state index contributed by atoms with van der Waals surface area (Å²) in [6.45, 7) is 5.50. The van der Waals surface area contributed by atoms with E-state index in [9.17, 15) is 9.18 Å². The Morgan fingerprint density at radius 1 is 1.50 bits per heavy atom. The number of nitrogens with zero attached hydrogens (tertiary/aromatic N) is 1. The fraction of sp³-hybridized carbons (Fsp3) is 0.533. The normalized spacial score (nSPS) is 20.4. The van der Waals surface area contributed by atoms with Gasteiger partial charge in [0, 0.05) is 24.6 Å². The Morgan fingerprint density at radius 3 is 2.75 bits per heavy atom. The molecule has 2 atom stereocenters. The van der Waals surface area contributed by atoms with Gasteiger partial charge in [0.2, 0.25) is 5.91 Å². The molecule has 1 aliphatic rings. The number of hydrogen-bond acceptors (Lipinski definition) is 3. The second-order valence-electron chi connectivity index (χ2n) is 4.93. The summed E-state index contributed by atoms with van der Waals surface area (Å²) in [5, 5.41) is 3.28. The van der Waals surface area contributed by atoms with Crippen LogP contribution in [-0.2, 0) is 4.79 Å². The van der Waals surface area contributed by atoms with Crippen LogP contribution in [0.25, 0.3) is 0 Å². The predicted octanol–water partition coefficient (Wildman–Crippen LogP) is 2.44. The molecule has 20 heavy (non-hydrogen) atoms. The van der Waals surface area contributed by atoms with Gasteiger partial charge in [-0.3, -0.25) is 4.79 Å². The van der Waals surface area contributed by atoms with E-state index in [0.29, 0.717) is 6.54 Å². The van der Waals surface area contributed by atoms with Crippen LogP contribution in [0.15, 0.2) is 24.3 Å². The molecule has 5 heteroatoms. The number of thioether (sulfide) groups is 1. The van der Waals surface area contributed by atoms with Crippen LogP contribution < -0.4 is 5.32 Å². The smallest absolute Gasteiger partial charge is 0.241 e. The molecule has 2 unspecified atom stereocenters. The van der Waals surface area contributed by atoms with Crippen molar-refractivity contribution >= 4 is 17.7 Å².